The van der Waals surface area contributed by atoms with Crippen LogP contribution in [0.15, 0.2) is 27.3 Å². The van der Waals surface area contributed by atoms with E-state index in [1.165, 1.54) is 0 Å². The maximum absolute atomic E-state index is 9.06. The predicted octanol–water partition coefficient (Wildman–Crippen LogP) is 2.32. The van der Waals surface area contributed by atoms with Gasteiger partial charge >= 0.3 is 6.01 Å². The maximum atomic E-state index is 9.06. The van der Waals surface area contributed by atoms with Gasteiger partial charge in [-0.2, -0.15) is 4.98 Å². The molecule has 2 N–H and O–H groups in total. The number of hydrogen-bond acceptors (Lipinski definition) is 6. The minimum atomic E-state index is -0.175. The highest BCUT2D eigenvalue weighted by Gasteiger charge is 2.17. The number of aliphatic hydroxyl groups excluding tert-OH is 1. The van der Waals surface area contributed by atoms with Gasteiger partial charge in [-0.1, -0.05) is 19.0 Å². The second-order valence-electron chi connectivity index (χ2n) is 4.34. The molecule has 1 atom stereocenters. The summed E-state index contributed by atoms with van der Waals surface area (Å²) in [7, 11) is 0. The Bertz CT molecular complexity index is 465. The van der Waals surface area contributed by atoms with E-state index in [2.05, 4.69) is 15.5 Å². The summed E-state index contributed by atoms with van der Waals surface area (Å²) in [6, 6.07) is 3.81. The molecule has 2 heterocycles. The van der Waals surface area contributed by atoms with Crippen molar-refractivity contribution >= 4 is 6.01 Å². The Morgan fingerprint density at radius 1 is 1.44 bits per heavy atom. The van der Waals surface area contributed by atoms with Gasteiger partial charge in [0, 0.05) is 12.5 Å². The molecule has 0 bridgehead atoms. The summed E-state index contributed by atoms with van der Waals surface area (Å²) < 4.78 is 10.4. The van der Waals surface area contributed by atoms with Crippen molar-refractivity contribution in [2.75, 3.05) is 11.9 Å². The van der Waals surface area contributed by atoms with Crippen molar-refractivity contribution in [3.63, 3.8) is 0 Å². The van der Waals surface area contributed by atoms with Crippen molar-refractivity contribution in [3.05, 3.63) is 30.0 Å². The third kappa shape index (κ3) is 2.89. The SMILES string of the molecule is CC(C)c1noc(NC(CCO)c2ccco2)n1. The van der Waals surface area contributed by atoms with Gasteiger partial charge < -0.3 is 19.4 Å². The van der Waals surface area contributed by atoms with Crippen molar-refractivity contribution in [1.29, 1.82) is 0 Å². The van der Waals surface area contributed by atoms with E-state index in [-0.39, 0.29) is 18.6 Å². The number of aliphatic hydroxyl groups is 1. The summed E-state index contributed by atoms with van der Waals surface area (Å²) in [6.45, 7) is 4.03. The minimum Gasteiger partial charge on any atom is -0.467 e. The van der Waals surface area contributed by atoms with E-state index in [9.17, 15) is 0 Å². The quantitative estimate of drug-likeness (QED) is 0.819. The summed E-state index contributed by atoms with van der Waals surface area (Å²) in [5.74, 6) is 1.59. The lowest BCUT2D eigenvalue weighted by molar-refractivity contribution is 0.271. The molecule has 0 spiro atoms. The monoisotopic (exact) mass is 251 g/mol. The van der Waals surface area contributed by atoms with Gasteiger partial charge in [0.25, 0.3) is 0 Å². The van der Waals surface area contributed by atoms with Gasteiger partial charge in [0.05, 0.1) is 12.3 Å². The number of furan rings is 1. The first kappa shape index (κ1) is 12.6. The summed E-state index contributed by atoms with van der Waals surface area (Å²) in [5.41, 5.74) is 0. The van der Waals surface area contributed by atoms with Gasteiger partial charge in [0.15, 0.2) is 5.82 Å². The number of aromatic nitrogens is 2. The number of hydrogen-bond donors (Lipinski definition) is 2. The molecule has 6 nitrogen and oxygen atoms in total. The molecule has 98 valence electrons. The smallest absolute Gasteiger partial charge is 0.322 e. The molecule has 0 aliphatic rings. The Morgan fingerprint density at radius 3 is 2.83 bits per heavy atom. The van der Waals surface area contributed by atoms with E-state index in [4.69, 9.17) is 14.0 Å². The van der Waals surface area contributed by atoms with Gasteiger partial charge in [-0.05, 0) is 18.6 Å². The molecular formula is C12H17N3O3. The first-order chi connectivity index (χ1) is 8.70. The largest absolute Gasteiger partial charge is 0.467 e. The summed E-state index contributed by atoms with van der Waals surface area (Å²) in [4.78, 5) is 4.23. The Labute approximate surface area is 105 Å². The zero-order valence-corrected chi connectivity index (χ0v) is 10.5. The molecule has 6 heteroatoms. The lowest BCUT2D eigenvalue weighted by Crippen LogP contribution is -2.12. The van der Waals surface area contributed by atoms with Crippen LogP contribution >= 0.6 is 0 Å². The van der Waals surface area contributed by atoms with E-state index in [0.29, 0.717) is 18.3 Å². The predicted molar refractivity (Wildman–Crippen MR) is 65.2 cm³/mol. The number of rotatable bonds is 6. The Morgan fingerprint density at radius 2 is 2.28 bits per heavy atom. The fourth-order valence-corrected chi connectivity index (χ4v) is 1.58. The van der Waals surface area contributed by atoms with Gasteiger partial charge in [0.2, 0.25) is 0 Å². The van der Waals surface area contributed by atoms with Crippen LogP contribution in [0.25, 0.3) is 0 Å². The lowest BCUT2D eigenvalue weighted by atomic mass is 10.1. The van der Waals surface area contributed by atoms with Crippen molar-refractivity contribution in [2.45, 2.75) is 32.2 Å². The second-order valence-corrected chi connectivity index (χ2v) is 4.34. The lowest BCUT2D eigenvalue weighted by Gasteiger charge is -2.12. The molecule has 2 rings (SSSR count). The molecular weight excluding hydrogens is 234 g/mol. The average Bonchev–Trinajstić information content (AvgIpc) is 2.99. The molecule has 0 radical (unpaired) electrons. The van der Waals surface area contributed by atoms with Gasteiger partial charge in [-0.25, -0.2) is 0 Å². The molecule has 2 aromatic rings. The van der Waals surface area contributed by atoms with Crippen LogP contribution in [-0.4, -0.2) is 21.9 Å². The Hall–Kier alpha value is -1.82. The van der Waals surface area contributed by atoms with Crippen molar-refractivity contribution in [1.82, 2.24) is 10.1 Å². The molecule has 18 heavy (non-hydrogen) atoms. The fourth-order valence-electron chi connectivity index (χ4n) is 1.58. The summed E-state index contributed by atoms with van der Waals surface area (Å²) in [5, 5.41) is 16.0. The highest BCUT2D eigenvalue weighted by Crippen LogP contribution is 2.22. The molecule has 0 saturated heterocycles. The molecule has 0 saturated carbocycles. The third-order valence-electron chi connectivity index (χ3n) is 2.56. The maximum Gasteiger partial charge on any atom is 0.322 e. The molecule has 0 fully saturated rings. The van der Waals surface area contributed by atoms with Crippen molar-refractivity contribution in [2.24, 2.45) is 0 Å². The van der Waals surface area contributed by atoms with Gasteiger partial charge in [-0.3, -0.25) is 0 Å². The van der Waals surface area contributed by atoms with E-state index < -0.39 is 0 Å². The van der Waals surface area contributed by atoms with E-state index >= 15 is 0 Å². The topological polar surface area (TPSA) is 84.3 Å². The van der Waals surface area contributed by atoms with Crippen LogP contribution in [0, 0.1) is 0 Å². The van der Waals surface area contributed by atoms with Gasteiger partial charge in [0.1, 0.15) is 5.76 Å². The van der Waals surface area contributed by atoms with Crippen LogP contribution in [0.3, 0.4) is 0 Å². The average molecular weight is 251 g/mol. The number of nitrogens with one attached hydrogen (secondary N) is 1. The molecule has 0 aliphatic heterocycles. The van der Waals surface area contributed by atoms with E-state index in [1.54, 1.807) is 12.3 Å². The first-order valence-corrected chi connectivity index (χ1v) is 5.95. The highest BCUT2D eigenvalue weighted by atomic mass is 16.5. The first-order valence-electron chi connectivity index (χ1n) is 5.95. The van der Waals surface area contributed by atoms with Crippen LogP contribution in [0.2, 0.25) is 0 Å². The second kappa shape index (κ2) is 5.68. The third-order valence-corrected chi connectivity index (χ3v) is 2.56. The van der Waals surface area contributed by atoms with Crippen LogP contribution < -0.4 is 5.32 Å². The zero-order chi connectivity index (χ0) is 13.0. The molecule has 0 aromatic carbocycles. The van der Waals surface area contributed by atoms with Crippen LogP contribution in [-0.2, 0) is 0 Å². The normalized spacial score (nSPS) is 12.9. The van der Waals surface area contributed by atoms with Crippen molar-refractivity contribution in [3.8, 4) is 0 Å². The van der Waals surface area contributed by atoms with Crippen LogP contribution in [0.4, 0.5) is 6.01 Å². The Kier molecular flexibility index (Phi) is 3.99. The van der Waals surface area contributed by atoms with E-state index in [0.717, 1.165) is 5.76 Å². The van der Waals surface area contributed by atoms with Crippen LogP contribution in [0.5, 0.6) is 0 Å². The van der Waals surface area contributed by atoms with Gasteiger partial charge in [-0.15, -0.1) is 0 Å². The van der Waals surface area contributed by atoms with Crippen LogP contribution in [0.1, 0.15) is 43.8 Å². The number of anilines is 1. The summed E-state index contributed by atoms with van der Waals surface area (Å²) in [6.07, 6.45) is 2.10. The highest BCUT2D eigenvalue weighted by molar-refractivity contribution is 5.25. The van der Waals surface area contributed by atoms with Crippen molar-refractivity contribution < 1.29 is 14.0 Å². The van der Waals surface area contributed by atoms with E-state index in [1.807, 2.05) is 19.9 Å². The molecule has 0 aliphatic carbocycles. The zero-order valence-electron chi connectivity index (χ0n) is 10.5. The molecule has 0 amide bonds. The minimum absolute atomic E-state index is 0.0452. The Balaban J connectivity index is 2.08. The standard InChI is InChI=1S/C12H17N3O3/c1-8(2)11-14-12(18-15-11)13-9(5-6-16)10-4-3-7-17-10/h3-4,7-9,16H,5-6H2,1-2H3,(H,13,14,15). The molecule has 1 unspecified atom stereocenters. The number of nitrogens with zero attached hydrogens (tertiary/aromatic N) is 2. The fraction of sp³-hybridized carbons (Fsp3) is 0.500. The summed E-state index contributed by atoms with van der Waals surface area (Å²) >= 11 is 0. The molecule has 2 aromatic heterocycles.